The van der Waals surface area contributed by atoms with E-state index in [1.54, 1.807) is 6.07 Å². The van der Waals surface area contributed by atoms with E-state index in [9.17, 15) is 9.59 Å². The number of aryl methyl sites for hydroxylation is 3. The van der Waals surface area contributed by atoms with E-state index < -0.39 is 5.91 Å². The van der Waals surface area contributed by atoms with E-state index in [1.807, 2.05) is 57.2 Å². The average molecular weight is 341 g/mol. The van der Waals surface area contributed by atoms with Gasteiger partial charge in [-0.25, -0.2) is 0 Å². The zero-order chi connectivity index (χ0) is 18.2. The Hall–Kier alpha value is -3.02. The first-order chi connectivity index (χ1) is 12.0. The van der Waals surface area contributed by atoms with Crippen LogP contribution in [0.2, 0.25) is 0 Å². The zero-order valence-electron chi connectivity index (χ0n) is 14.7. The minimum Gasteiger partial charge on any atom is -0.483 e. The van der Waals surface area contributed by atoms with E-state index in [0.29, 0.717) is 5.75 Å². The molecule has 132 valence electrons. The summed E-state index contributed by atoms with van der Waals surface area (Å²) in [5.74, 6) is -0.132. The molecule has 0 radical (unpaired) electrons. The maximum absolute atomic E-state index is 11.8. The first-order valence-corrected chi connectivity index (χ1v) is 8.03. The van der Waals surface area contributed by atoms with Gasteiger partial charge >= 0.3 is 0 Å². The van der Waals surface area contributed by atoms with Crippen LogP contribution in [0.25, 0.3) is 0 Å². The highest BCUT2D eigenvalue weighted by atomic mass is 16.5. The van der Waals surface area contributed by atoms with Crippen LogP contribution in [0.4, 0.5) is 5.69 Å². The highest BCUT2D eigenvalue weighted by molar-refractivity contribution is 5.85. The fourth-order valence-electron chi connectivity index (χ4n) is 2.27. The molecule has 2 aromatic rings. The molecule has 0 aliphatic heterocycles. The Balaban J connectivity index is 1.70. The number of benzene rings is 2. The van der Waals surface area contributed by atoms with Gasteiger partial charge in [0.2, 0.25) is 0 Å². The number of hydrogen-bond donors (Lipinski definition) is 3. The molecule has 0 saturated heterocycles. The number of hydrazine groups is 1. The van der Waals surface area contributed by atoms with Crippen LogP contribution in [0.15, 0.2) is 42.5 Å². The SMILES string of the molecule is Cc1ccc(NCC(=O)NNC(=O)COc2ccccc2C)c(C)c1. The predicted molar refractivity (Wildman–Crippen MR) is 97.4 cm³/mol. The van der Waals surface area contributed by atoms with E-state index in [0.717, 1.165) is 22.4 Å². The maximum Gasteiger partial charge on any atom is 0.276 e. The molecule has 2 amide bonds. The molecule has 2 rings (SSSR count). The van der Waals surface area contributed by atoms with Crippen LogP contribution < -0.4 is 20.9 Å². The van der Waals surface area contributed by atoms with Gasteiger partial charge in [-0.3, -0.25) is 20.4 Å². The number of ether oxygens (including phenoxy) is 1. The average Bonchev–Trinajstić information content (AvgIpc) is 2.58. The number of anilines is 1. The second-order valence-electron chi connectivity index (χ2n) is 5.82. The molecular formula is C19H23N3O3. The number of amides is 2. The van der Waals surface area contributed by atoms with Gasteiger partial charge in [-0.05, 0) is 44.0 Å². The van der Waals surface area contributed by atoms with Crippen molar-refractivity contribution in [2.24, 2.45) is 0 Å². The molecule has 0 aliphatic carbocycles. The number of carbonyl (C=O) groups excluding carboxylic acids is 2. The normalized spacial score (nSPS) is 10.0. The van der Waals surface area contributed by atoms with Gasteiger partial charge < -0.3 is 10.1 Å². The van der Waals surface area contributed by atoms with Crippen LogP contribution in [0.5, 0.6) is 5.75 Å². The summed E-state index contributed by atoms with van der Waals surface area (Å²) in [6, 6.07) is 13.3. The minimum absolute atomic E-state index is 0.0584. The van der Waals surface area contributed by atoms with Crippen molar-refractivity contribution in [3.63, 3.8) is 0 Å². The molecule has 0 saturated carbocycles. The molecule has 0 heterocycles. The Morgan fingerprint density at radius 3 is 2.36 bits per heavy atom. The summed E-state index contributed by atoms with van der Waals surface area (Å²) in [5, 5.41) is 3.03. The van der Waals surface area contributed by atoms with Gasteiger partial charge in [0.05, 0.1) is 6.54 Å². The summed E-state index contributed by atoms with van der Waals surface area (Å²) in [6.07, 6.45) is 0. The number of para-hydroxylation sites is 1. The molecule has 0 atom stereocenters. The minimum atomic E-state index is -0.428. The molecule has 0 unspecified atom stereocenters. The van der Waals surface area contributed by atoms with Crippen LogP contribution in [0, 0.1) is 20.8 Å². The molecule has 0 spiro atoms. The second kappa shape index (κ2) is 8.73. The first kappa shape index (κ1) is 18.3. The number of rotatable bonds is 6. The molecule has 25 heavy (non-hydrogen) atoms. The Morgan fingerprint density at radius 1 is 0.920 bits per heavy atom. The van der Waals surface area contributed by atoms with Crippen LogP contribution in [0.3, 0.4) is 0 Å². The monoisotopic (exact) mass is 341 g/mol. The third-order valence-corrected chi connectivity index (χ3v) is 3.62. The lowest BCUT2D eigenvalue weighted by molar-refractivity contribution is -0.129. The summed E-state index contributed by atoms with van der Waals surface area (Å²) < 4.78 is 5.41. The molecule has 0 fully saturated rings. The summed E-state index contributed by atoms with van der Waals surface area (Å²) >= 11 is 0. The van der Waals surface area contributed by atoms with E-state index >= 15 is 0 Å². The lowest BCUT2D eigenvalue weighted by Crippen LogP contribution is -2.46. The van der Waals surface area contributed by atoms with Crippen LogP contribution in [-0.4, -0.2) is 25.0 Å². The Bertz CT molecular complexity index is 759. The van der Waals surface area contributed by atoms with Crippen molar-refractivity contribution in [1.82, 2.24) is 10.9 Å². The van der Waals surface area contributed by atoms with Gasteiger partial charge in [0.1, 0.15) is 5.75 Å². The largest absolute Gasteiger partial charge is 0.483 e. The van der Waals surface area contributed by atoms with E-state index in [1.165, 1.54) is 0 Å². The van der Waals surface area contributed by atoms with Crippen molar-refractivity contribution in [2.75, 3.05) is 18.5 Å². The number of nitrogens with one attached hydrogen (secondary N) is 3. The fourth-order valence-corrected chi connectivity index (χ4v) is 2.27. The van der Waals surface area contributed by atoms with Crippen LogP contribution >= 0.6 is 0 Å². The van der Waals surface area contributed by atoms with Crippen molar-refractivity contribution < 1.29 is 14.3 Å². The van der Waals surface area contributed by atoms with Gasteiger partial charge in [0.15, 0.2) is 6.61 Å². The molecule has 3 N–H and O–H groups in total. The van der Waals surface area contributed by atoms with Gasteiger partial charge in [-0.15, -0.1) is 0 Å². The first-order valence-electron chi connectivity index (χ1n) is 8.03. The van der Waals surface area contributed by atoms with Gasteiger partial charge in [0.25, 0.3) is 11.8 Å². The maximum atomic E-state index is 11.8. The quantitative estimate of drug-likeness (QED) is 0.704. The number of carbonyl (C=O) groups is 2. The Kier molecular flexibility index (Phi) is 6.39. The third-order valence-electron chi connectivity index (χ3n) is 3.62. The Labute approximate surface area is 147 Å². The van der Waals surface area contributed by atoms with E-state index in [-0.39, 0.29) is 19.1 Å². The molecule has 2 aromatic carbocycles. The molecule has 6 nitrogen and oxygen atoms in total. The number of hydrogen-bond acceptors (Lipinski definition) is 4. The lowest BCUT2D eigenvalue weighted by Gasteiger charge is -2.12. The van der Waals surface area contributed by atoms with Gasteiger partial charge in [-0.2, -0.15) is 0 Å². The summed E-state index contributed by atoms with van der Waals surface area (Å²) in [7, 11) is 0. The lowest BCUT2D eigenvalue weighted by atomic mass is 10.1. The van der Waals surface area contributed by atoms with Gasteiger partial charge in [-0.1, -0.05) is 35.9 Å². The molecular weight excluding hydrogens is 318 g/mol. The Morgan fingerprint density at radius 2 is 1.64 bits per heavy atom. The summed E-state index contributed by atoms with van der Waals surface area (Å²) in [6.45, 7) is 5.77. The predicted octanol–water partition coefficient (Wildman–Crippen LogP) is 2.25. The summed E-state index contributed by atoms with van der Waals surface area (Å²) in [4.78, 5) is 23.5. The van der Waals surface area contributed by atoms with Crippen molar-refractivity contribution >= 4 is 17.5 Å². The zero-order valence-corrected chi connectivity index (χ0v) is 14.7. The fraction of sp³-hybridized carbons (Fsp3) is 0.263. The van der Waals surface area contributed by atoms with E-state index in [2.05, 4.69) is 16.2 Å². The highest BCUT2D eigenvalue weighted by Gasteiger charge is 2.07. The smallest absolute Gasteiger partial charge is 0.276 e. The topological polar surface area (TPSA) is 79.5 Å². The van der Waals surface area contributed by atoms with Crippen LogP contribution in [0.1, 0.15) is 16.7 Å². The van der Waals surface area contributed by atoms with Crippen molar-refractivity contribution in [3.05, 3.63) is 59.2 Å². The van der Waals surface area contributed by atoms with Gasteiger partial charge in [0, 0.05) is 5.69 Å². The summed E-state index contributed by atoms with van der Waals surface area (Å²) in [5.41, 5.74) is 8.73. The van der Waals surface area contributed by atoms with Crippen molar-refractivity contribution in [3.8, 4) is 5.75 Å². The molecule has 0 bridgehead atoms. The third kappa shape index (κ3) is 5.84. The molecule has 0 aromatic heterocycles. The van der Waals surface area contributed by atoms with E-state index in [4.69, 9.17) is 4.74 Å². The standard InChI is InChI=1S/C19H23N3O3/c1-13-8-9-16(15(3)10-13)20-11-18(23)21-22-19(24)12-25-17-7-5-4-6-14(17)2/h4-10,20H,11-12H2,1-3H3,(H,21,23)(H,22,24). The van der Waals surface area contributed by atoms with Crippen molar-refractivity contribution in [1.29, 1.82) is 0 Å². The highest BCUT2D eigenvalue weighted by Crippen LogP contribution is 2.16. The van der Waals surface area contributed by atoms with Crippen LogP contribution in [-0.2, 0) is 9.59 Å². The molecule has 6 heteroatoms. The second-order valence-corrected chi connectivity index (χ2v) is 5.82. The molecule has 0 aliphatic rings. The van der Waals surface area contributed by atoms with Crippen molar-refractivity contribution in [2.45, 2.75) is 20.8 Å².